The van der Waals surface area contributed by atoms with Crippen LogP contribution in [0.5, 0.6) is 0 Å². The number of hydrogen-bond donors (Lipinski definition) is 0. The first-order valence-corrected chi connectivity index (χ1v) is 23.7. The first-order valence-electron chi connectivity index (χ1n) is 23.7. The predicted octanol–water partition coefficient (Wildman–Crippen LogP) is 13.6. The van der Waals surface area contributed by atoms with E-state index in [9.17, 15) is 0 Å². The van der Waals surface area contributed by atoms with E-state index in [1.165, 1.54) is 74.7 Å². The summed E-state index contributed by atoms with van der Waals surface area (Å²) in [4.78, 5) is 15.0. The Morgan fingerprint density at radius 1 is 0.462 bits per heavy atom. The molecule has 0 spiro atoms. The lowest BCUT2D eigenvalue weighted by molar-refractivity contribution is 0.607. The highest BCUT2D eigenvalue weighted by molar-refractivity contribution is 6.04. The molecule has 1 aliphatic carbocycles. The Kier molecular flexibility index (Phi) is 23.0. The highest BCUT2D eigenvalue weighted by atomic mass is 15.1. The third-order valence-corrected chi connectivity index (χ3v) is 11.4. The molecule has 6 nitrogen and oxygen atoms in total. The second kappa shape index (κ2) is 28.0. The van der Waals surface area contributed by atoms with Gasteiger partial charge in [-0.05, 0) is 151 Å². The number of benzene rings is 5. The average Bonchev–Trinajstić information content (AvgIpc) is 3.32. The molecule has 0 unspecified atom stereocenters. The van der Waals surface area contributed by atoms with Gasteiger partial charge in [-0.15, -0.1) is 0 Å². The highest BCUT2D eigenvalue weighted by Crippen LogP contribution is 2.30. The van der Waals surface area contributed by atoms with Crippen molar-refractivity contribution in [2.24, 2.45) is 16.8 Å². The topological polar surface area (TPSA) is 28.6 Å². The van der Waals surface area contributed by atoms with Gasteiger partial charge in [0.05, 0.1) is 5.71 Å². The second-order valence-corrected chi connectivity index (χ2v) is 17.4. The van der Waals surface area contributed by atoms with Gasteiger partial charge in [-0.25, -0.2) is 0 Å². The smallest absolute Gasteiger partial charge is 0.0568 e. The number of rotatable bonds is 15. The summed E-state index contributed by atoms with van der Waals surface area (Å²) in [6, 6.07) is 44.0. The van der Waals surface area contributed by atoms with E-state index >= 15 is 0 Å². The van der Waals surface area contributed by atoms with Gasteiger partial charge in [0, 0.05) is 105 Å². The van der Waals surface area contributed by atoms with Gasteiger partial charge >= 0.3 is 0 Å². The van der Waals surface area contributed by atoms with Crippen molar-refractivity contribution in [3.05, 3.63) is 180 Å². The fourth-order valence-corrected chi connectivity index (χ4v) is 7.25. The largest absolute Gasteiger partial charge is 0.378 e. The van der Waals surface area contributed by atoms with Gasteiger partial charge in [0.25, 0.3) is 0 Å². The van der Waals surface area contributed by atoms with Crippen LogP contribution in [0.1, 0.15) is 75.3 Å². The van der Waals surface area contributed by atoms with Crippen molar-refractivity contribution in [3.8, 4) is 0 Å². The summed E-state index contributed by atoms with van der Waals surface area (Å²) in [5.41, 5.74) is 15.3. The van der Waals surface area contributed by atoms with Crippen LogP contribution in [0.15, 0.2) is 157 Å². The van der Waals surface area contributed by atoms with E-state index in [0.717, 1.165) is 25.1 Å². The van der Waals surface area contributed by atoms with E-state index in [0.29, 0.717) is 11.8 Å². The quantitative estimate of drug-likeness (QED) is 0.105. The highest BCUT2D eigenvalue weighted by Gasteiger charge is 2.11. The molecule has 0 atom stereocenters. The van der Waals surface area contributed by atoms with E-state index in [-0.39, 0.29) is 0 Å². The summed E-state index contributed by atoms with van der Waals surface area (Å²) in [5.74, 6) is 1.10. The molecule has 0 heterocycles. The maximum absolute atomic E-state index is 4.39. The normalized spacial score (nSPS) is 12.4. The van der Waals surface area contributed by atoms with Crippen molar-refractivity contribution in [1.82, 2.24) is 0 Å². The Bertz CT molecular complexity index is 2070. The Labute approximate surface area is 396 Å². The zero-order chi connectivity index (χ0) is 47.9. The molecule has 65 heavy (non-hydrogen) atoms. The minimum absolute atomic E-state index is 0.487. The van der Waals surface area contributed by atoms with E-state index in [2.05, 4.69) is 272 Å². The molecule has 0 amide bonds. The van der Waals surface area contributed by atoms with Crippen molar-refractivity contribution in [1.29, 1.82) is 0 Å². The van der Waals surface area contributed by atoms with Crippen LogP contribution in [0.2, 0.25) is 0 Å². The third kappa shape index (κ3) is 17.8. The van der Waals surface area contributed by atoms with E-state index in [1.807, 2.05) is 13.8 Å². The lowest BCUT2D eigenvalue weighted by Gasteiger charge is -2.17. The fraction of sp³-hybridized carbons (Fsp3) is 0.373. The predicted molar refractivity (Wildman–Crippen MR) is 293 cm³/mol. The van der Waals surface area contributed by atoms with Gasteiger partial charge < -0.3 is 24.5 Å². The van der Waals surface area contributed by atoms with Crippen LogP contribution in [-0.2, 0) is 12.8 Å². The molecule has 6 rings (SSSR count). The lowest BCUT2D eigenvalue weighted by atomic mass is 9.91. The minimum Gasteiger partial charge on any atom is -0.378 e. The van der Waals surface area contributed by atoms with Crippen LogP contribution >= 0.6 is 0 Å². The molecule has 0 N–H and O–H groups in total. The monoisotopic (exact) mass is 875 g/mol. The Morgan fingerprint density at radius 3 is 1.06 bits per heavy atom. The van der Waals surface area contributed by atoms with Crippen molar-refractivity contribution >= 4 is 39.7 Å². The van der Waals surface area contributed by atoms with Crippen molar-refractivity contribution in [2.45, 2.75) is 60.3 Å². The molecule has 0 fully saturated rings. The van der Waals surface area contributed by atoms with Crippen LogP contribution in [0.25, 0.3) is 5.57 Å². The van der Waals surface area contributed by atoms with Gasteiger partial charge in [0.2, 0.25) is 0 Å². The number of allylic oxidation sites excluding steroid dienone is 5. The van der Waals surface area contributed by atoms with Crippen molar-refractivity contribution < 1.29 is 0 Å². The molecular weight excluding hydrogens is 793 g/mol. The second-order valence-electron chi connectivity index (χ2n) is 17.4. The van der Waals surface area contributed by atoms with Gasteiger partial charge in [-0.2, -0.15) is 0 Å². The van der Waals surface area contributed by atoms with Gasteiger partial charge in [-0.3, -0.25) is 4.99 Å². The molecule has 0 aliphatic heterocycles. The summed E-state index contributed by atoms with van der Waals surface area (Å²) >= 11 is 0. The number of anilines is 5. The minimum atomic E-state index is 0.487. The molecule has 0 saturated heterocycles. The Morgan fingerprint density at radius 2 is 0.769 bits per heavy atom. The maximum atomic E-state index is 4.39. The molecular formula is C59H82N6. The van der Waals surface area contributed by atoms with Crippen LogP contribution in [0.4, 0.5) is 28.4 Å². The van der Waals surface area contributed by atoms with Gasteiger partial charge in [-0.1, -0.05) is 107 Å². The first kappa shape index (κ1) is 53.3. The molecule has 1 aliphatic rings. The molecule has 5 aromatic rings. The number of aliphatic imine (C=N–C) groups is 1. The Balaban J connectivity index is 0.000000257. The van der Waals surface area contributed by atoms with E-state index in [4.69, 9.17) is 0 Å². The molecule has 5 aromatic carbocycles. The van der Waals surface area contributed by atoms with E-state index in [1.54, 1.807) is 0 Å². The maximum Gasteiger partial charge on any atom is 0.0568 e. The standard InChI is InChI=1S/C23H32N2.2C17H22N2.C2H6/c1-7-18(8-2)17-23(19-9-13-21(14-10-19)24(3)4)20-11-15-22(16-12-20)25(5)6;1-18(2)16-9-5-14(6-10-16)13-15-7-11-17(12-8-15)19(3)4;1-4-18-16-9-5-14(6-10-16)13-15-7-11-17(12-8-15)19(2)3;1-2/h9-18H,7-8H2,1-6H3;5-12H,13H2,1-4H3;5-12,14H,4,13H2,1-3H3;1-2H3. The molecule has 0 saturated carbocycles. The van der Waals surface area contributed by atoms with Crippen LogP contribution in [0.3, 0.4) is 0 Å². The number of nitrogens with zero attached hydrogens (tertiary/aromatic N) is 6. The third-order valence-electron chi connectivity index (χ3n) is 11.4. The van der Waals surface area contributed by atoms with Crippen molar-refractivity contribution in [2.75, 3.05) is 102 Å². The van der Waals surface area contributed by atoms with Crippen LogP contribution in [-0.4, -0.2) is 82.7 Å². The van der Waals surface area contributed by atoms with Gasteiger partial charge in [0.1, 0.15) is 0 Å². The molecule has 6 heteroatoms. The van der Waals surface area contributed by atoms with Crippen LogP contribution < -0.4 is 24.5 Å². The Hall–Kier alpha value is -6.01. The summed E-state index contributed by atoms with van der Waals surface area (Å²) in [6.45, 7) is 11.5. The summed E-state index contributed by atoms with van der Waals surface area (Å²) in [5, 5.41) is 0. The zero-order valence-electron chi connectivity index (χ0n) is 42.8. The van der Waals surface area contributed by atoms with Gasteiger partial charge in [0.15, 0.2) is 0 Å². The van der Waals surface area contributed by atoms with E-state index < -0.39 is 0 Å². The van der Waals surface area contributed by atoms with Crippen LogP contribution in [0, 0.1) is 11.8 Å². The first-order chi connectivity index (χ1) is 31.2. The fourth-order valence-electron chi connectivity index (χ4n) is 7.25. The molecule has 0 bridgehead atoms. The SMILES string of the molecule is CC.CCC(C=C(c1ccc(N(C)C)cc1)c1ccc(N(C)C)cc1)CC.CCN=C1C=CC(Cc2ccc(N(C)C)cc2)C=C1.CN(C)c1ccc(Cc2ccc(N(C)C)cc2)cc1. The molecule has 348 valence electrons. The molecule has 0 radical (unpaired) electrons. The average molecular weight is 875 g/mol. The summed E-state index contributed by atoms with van der Waals surface area (Å²) < 4.78 is 0. The lowest BCUT2D eigenvalue weighted by Crippen LogP contribution is -2.09. The van der Waals surface area contributed by atoms with Crippen molar-refractivity contribution in [3.63, 3.8) is 0 Å². The summed E-state index contributed by atoms with van der Waals surface area (Å²) in [6.07, 6.45) is 15.6. The molecule has 0 aromatic heterocycles. The summed E-state index contributed by atoms with van der Waals surface area (Å²) in [7, 11) is 20.7. The number of hydrogen-bond acceptors (Lipinski definition) is 6. The zero-order valence-corrected chi connectivity index (χ0v) is 42.8.